The minimum Gasteiger partial charge on any atom is -0.301 e. The summed E-state index contributed by atoms with van der Waals surface area (Å²) >= 11 is 7.51. The van der Waals surface area contributed by atoms with Gasteiger partial charge in [0.05, 0.1) is 0 Å². The molecule has 0 aromatic carbocycles. The van der Waals surface area contributed by atoms with Crippen molar-refractivity contribution in [3.8, 4) is 0 Å². The molecule has 0 unspecified atom stereocenters. The second-order valence-electron chi connectivity index (χ2n) is 3.54. The molecule has 0 aliphatic heterocycles. The molecule has 0 spiro atoms. The summed E-state index contributed by atoms with van der Waals surface area (Å²) in [6.45, 7) is 4.23. The topological polar surface area (TPSA) is 30.7 Å². The van der Waals surface area contributed by atoms with Gasteiger partial charge in [-0.2, -0.15) is 0 Å². The number of hydrogen-bond acceptors (Lipinski definition) is 3. The van der Waals surface area contributed by atoms with Crippen molar-refractivity contribution in [1.82, 2.24) is 14.5 Å². The summed E-state index contributed by atoms with van der Waals surface area (Å²) < 4.78 is 2.10. The van der Waals surface area contributed by atoms with E-state index in [0.717, 1.165) is 16.3 Å². The fourth-order valence-electron chi connectivity index (χ4n) is 1.54. The SMILES string of the molecule is CSc1nc2ccc(Cl)nc2n1C(C)C. The van der Waals surface area contributed by atoms with E-state index in [4.69, 9.17) is 11.6 Å². The molecule has 0 aliphatic carbocycles. The number of halogens is 1. The van der Waals surface area contributed by atoms with Crippen molar-refractivity contribution in [3.05, 3.63) is 17.3 Å². The lowest BCUT2D eigenvalue weighted by molar-refractivity contribution is 0.563. The Kier molecular flexibility index (Phi) is 2.89. The van der Waals surface area contributed by atoms with Gasteiger partial charge in [0.15, 0.2) is 10.8 Å². The Morgan fingerprint density at radius 2 is 2.07 bits per heavy atom. The number of hydrogen-bond donors (Lipinski definition) is 0. The van der Waals surface area contributed by atoms with Crippen LogP contribution in [-0.2, 0) is 0 Å². The molecule has 15 heavy (non-hydrogen) atoms. The van der Waals surface area contributed by atoms with Crippen LogP contribution in [0.15, 0.2) is 17.3 Å². The Morgan fingerprint density at radius 3 is 2.67 bits per heavy atom. The summed E-state index contributed by atoms with van der Waals surface area (Å²) in [6.07, 6.45) is 2.02. The van der Waals surface area contributed by atoms with E-state index in [1.807, 2.05) is 12.3 Å². The largest absolute Gasteiger partial charge is 0.301 e. The van der Waals surface area contributed by atoms with E-state index in [2.05, 4.69) is 28.4 Å². The van der Waals surface area contributed by atoms with Crippen LogP contribution in [0.2, 0.25) is 5.15 Å². The van der Waals surface area contributed by atoms with Gasteiger partial charge in [-0.3, -0.25) is 0 Å². The summed E-state index contributed by atoms with van der Waals surface area (Å²) in [7, 11) is 0. The number of thioether (sulfide) groups is 1. The van der Waals surface area contributed by atoms with Gasteiger partial charge in [0.25, 0.3) is 0 Å². The highest BCUT2D eigenvalue weighted by Gasteiger charge is 2.13. The van der Waals surface area contributed by atoms with E-state index in [0.29, 0.717) is 11.2 Å². The lowest BCUT2D eigenvalue weighted by atomic mass is 10.4. The molecular formula is C10H12ClN3S. The van der Waals surface area contributed by atoms with Gasteiger partial charge < -0.3 is 4.57 Å². The molecule has 5 heteroatoms. The van der Waals surface area contributed by atoms with Crippen LogP contribution in [0.4, 0.5) is 0 Å². The minimum atomic E-state index is 0.336. The fourth-order valence-corrected chi connectivity index (χ4v) is 2.37. The Labute approximate surface area is 97.9 Å². The smallest absolute Gasteiger partial charge is 0.170 e. The third kappa shape index (κ3) is 1.84. The Balaban J connectivity index is 2.76. The van der Waals surface area contributed by atoms with Crippen molar-refractivity contribution in [3.63, 3.8) is 0 Å². The van der Waals surface area contributed by atoms with Gasteiger partial charge in [-0.1, -0.05) is 23.4 Å². The summed E-state index contributed by atoms with van der Waals surface area (Å²) in [6, 6.07) is 4.01. The van der Waals surface area contributed by atoms with Gasteiger partial charge in [0.2, 0.25) is 0 Å². The van der Waals surface area contributed by atoms with E-state index >= 15 is 0 Å². The number of nitrogens with zero attached hydrogens (tertiary/aromatic N) is 3. The highest BCUT2D eigenvalue weighted by Crippen LogP contribution is 2.25. The van der Waals surface area contributed by atoms with E-state index in [-0.39, 0.29) is 0 Å². The number of pyridine rings is 1. The zero-order chi connectivity index (χ0) is 11.0. The zero-order valence-electron chi connectivity index (χ0n) is 8.86. The monoisotopic (exact) mass is 241 g/mol. The molecule has 2 heterocycles. The van der Waals surface area contributed by atoms with Crippen LogP contribution in [-0.4, -0.2) is 20.8 Å². The molecule has 0 N–H and O–H groups in total. The summed E-state index contributed by atoms with van der Waals surface area (Å²) in [5.41, 5.74) is 1.76. The van der Waals surface area contributed by atoms with Gasteiger partial charge in [-0.25, -0.2) is 9.97 Å². The van der Waals surface area contributed by atoms with Crippen molar-refractivity contribution >= 4 is 34.5 Å². The standard InChI is InChI=1S/C10H12ClN3S/c1-6(2)14-9-7(12-10(14)15-3)4-5-8(11)13-9/h4-6H,1-3H3. The molecule has 0 atom stereocenters. The van der Waals surface area contributed by atoms with Gasteiger partial charge in [-0.05, 0) is 32.2 Å². The maximum atomic E-state index is 5.89. The van der Waals surface area contributed by atoms with Crippen LogP contribution < -0.4 is 0 Å². The first kappa shape index (κ1) is 10.8. The normalized spacial score (nSPS) is 11.5. The Morgan fingerprint density at radius 1 is 1.33 bits per heavy atom. The van der Waals surface area contributed by atoms with Crippen LogP contribution in [0.25, 0.3) is 11.2 Å². The zero-order valence-corrected chi connectivity index (χ0v) is 10.4. The average Bonchev–Trinajstić information content (AvgIpc) is 2.55. The second-order valence-corrected chi connectivity index (χ2v) is 4.70. The van der Waals surface area contributed by atoms with E-state index in [1.54, 1.807) is 17.8 Å². The first-order chi connectivity index (χ1) is 7.13. The lowest BCUT2D eigenvalue weighted by Crippen LogP contribution is -2.03. The molecular weight excluding hydrogens is 230 g/mol. The highest BCUT2D eigenvalue weighted by molar-refractivity contribution is 7.98. The quantitative estimate of drug-likeness (QED) is 0.597. The average molecular weight is 242 g/mol. The first-order valence-electron chi connectivity index (χ1n) is 4.72. The first-order valence-corrected chi connectivity index (χ1v) is 6.32. The fraction of sp³-hybridized carbons (Fsp3) is 0.400. The maximum absolute atomic E-state index is 5.89. The van der Waals surface area contributed by atoms with Crippen molar-refractivity contribution in [2.75, 3.05) is 6.26 Å². The summed E-state index contributed by atoms with van der Waals surface area (Å²) in [4.78, 5) is 8.82. The molecule has 2 rings (SSSR count). The molecule has 0 amide bonds. The number of fused-ring (bicyclic) bond motifs is 1. The molecule has 0 fully saturated rings. The van der Waals surface area contributed by atoms with Crippen LogP contribution in [0.3, 0.4) is 0 Å². The van der Waals surface area contributed by atoms with Crippen LogP contribution in [0, 0.1) is 0 Å². The van der Waals surface area contributed by atoms with Gasteiger partial charge >= 0.3 is 0 Å². The number of imidazole rings is 1. The second kappa shape index (κ2) is 4.02. The molecule has 0 aliphatic rings. The maximum Gasteiger partial charge on any atom is 0.170 e. The molecule has 2 aromatic heterocycles. The van der Waals surface area contributed by atoms with E-state index < -0.39 is 0 Å². The van der Waals surface area contributed by atoms with E-state index in [9.17, 15) is 0 Å². The third-order valence-corrected chi connectivity index (χ3v) is 3.03. The van der Waals surface area contributed by atoms with Gasteiger partial charge in [0, 0.05) is 6.04 Å². The minimum absolute atomic E-state index is 0.336. The molecule has 0 saturated carbocycles. The van der Waals surface area contributed by atoms with Crippen molar-refractivity contribution < 1.29 is 0 Å². The molecule has 0 radical (unpaired) electrons. The van der Waals surface area contributed by atoms with Crippen molar-refractivity contribution in [2.24, 2.45) is 0 Å². The van der Waals surface area contributed by atoms with Crippen LogP contribution in [0.1, 0.15) is 19.9 Å². The molecule has 3 nitrogen and oxygen atoms in total. The Hall–Kier alpha value is -0.740. The van der Waals surface area contributed by atoms with Gasteiger partial charge in [-0.15, -0.1) is 0 Å². The summed E-state index contributed by atoms with van der Waals surface area (Å²) in [5, 5.41) is 1.49. The van der Waals surface area contributed by atoms with Crippen LogP contribution >= 0.6 is 23.4 Å². The number of aromatic nitrogens is 3. The molecule has 0 bridgehead atoms. The number of rotatable bonds is 2. The van der Waals surface area contributed by atoms with E-state index in [1.165, 1.54) is 0 Å². The lowest BCUT2D eigenvalue weighted by Gasteiger charge is -2.10. The van der Waals surface area contributed by atoms with Gasteiger partial charge in [0.1, 0.15) is 10.7 Å². The molecule has 2 aromatic rings. The molecule has 0 saturated heterocycles. The highest BCUT2D eigenvalue weighted by atomic mass is 35.5. The third-order valence-electron chi connectivity index (χ3n) is 2.17. The van der Waals surface area contributed by atoms with Crippen molar-refractivity contribution in [1.29, 1.82) is 0 Å². The molecule has 80 valence electrons. The van der Waals surface area contributed by atoms with Crippen LogP contribution in [0.5, 0.6) is 0 Å². The predicted molar refractivity (Wildman–Crippen MR) is 64.7 cm³/mol. The summed E-state index contributed by atoms with van der Waals surface area (Å²) in [5.74, 6) is 0. The Bertz CT molecular complexity index is 493. The predicted octanol–water partition coefficient (Wildman–Crippen LogP) is 3.39. The van der Waals surface area contributed by atoms with Crippen molar-refractivity contribution in [2.45, 2.75) is 25.0 Å².